The van der Waals surface area contributed by atoms with Gasteiger partial charge < -0.3 is 19.4 Å². The van der Waals surface area contributed by atoms with Crippen LogP contribution in [0, 0.1) is 13.8 Å². The molecule has 0 bridgehead atoms. The monoisotopic (exact) mass is 437 g/mol. The minimum atomic E-state index is -0.0580. The van der Waals surface area contributed by atoms with Crippen molar-refractivity contribution >= 4 is 16.9 Å². The quantitative estimate of drug-likeness (QED) is 0.397. The Balaban J connectivity index is 1.51. The molecule has 0 aliphatic carbocycles. The SMILES string of the molecule is COCC(=O)NCCCCCc1nc2ccccc2n1CCCOc1cccc(C)c1C. The van der Waals surface area contributed by atoms with Crippen molar-refractivity contribution < 1.29 is 14.3 Å². The topological polar surface area (TPSA) is 65.4 Å². The molecule has 0 spiro atoms. The molecule has 0 aliphatic heterocycles. The number of carbonyl (C=O) groups is 1. The lowest BCUT2D eigenvalue weighted by Crippen LogP contribution is -2.27. The van der Waals surface area contributed by atoms with Crippen LogP contribution in [0.2, 0.25) is 0 Å². The van der Waals surface area contributed by atoms with Gasteiger partial charge in [-0.25, -0.2) is 4.98 Å². The van der Waals surface area contributed by atoms with Gasteiger partial charge in [0.15, 0.2) is 0 Å². The summed E-state index contributed by atoms with van der Waals surface area (Å²) in [6.45, 7) is 6.59. The second kappa shape index (κ2) is 12.2. The number of ether oxygens (including phenoxy) is 2. The van der Waals surface area contributed by atoms with Crippen molar-refractivity contribution in [3.63, 3.8) is 0 Å². The van der Waals surface area contributed by atoms with Crippen LogP contribution in [0.15, 0.2) is 42.5 Å². The van der Waals surface area contributed by atoms with E-state index >= 15 is 0 Å². The molecule has 0 radical (unpaired) electrons. The third-order valence-corrected chi connectivity index (χ3v) is 5.75. The number of amides is 1. The lowest BCUT2D eigenvalue weighted by atomic mass is 10.1. The van der Waals surface area contributed by atoms with Crippen LogP contribution in [0.4, 0.5) is 0 Å². The number of imidazole rings is 1. The average molecular weight is 438 g/mol. The average Bonchev–Trinajstić information content (AvgIpc) is 3.14. The molecule has 0 aliphatic rings. The highest BCUT2D eigenvalue weighted by Gasteiger charge is 2.10. The molecule has 1 heterocycles. The number of aryl methyl sites for hydroxylation is 3. The van der Waals surface area contributed by atoms with Gasteiger partial charge >= 0.3 is 0 Å². The molecule has 0 unspecified atom stereocenters. The number of nitrogens with one attached hydrogen (secondary N) is 1. The second-order valence-electron chi connectivity index (χ2n) is 8.16. The molecular formula is C26H35N3O3. The van der Waals surface area contributed by atoms with E-state index in [4.69, 9.17) is 14.5 Å². The summed E-state index contributed by atoms with van der Waals surface area (Å²) in [4.78, 5) is 16.3. The zero-order chi connectivity index (χ0) is 22.8. The molecule has 0 fully saturated rings. The summed E-state index contributed by atoms with van der Waals surface area (Å²) in [5.74, 6) is 2.04. The van der Waals surface area contributed by atoms with Gasteiger partial charge in [0.1, 0.15) is 18.2 Å². The third kappa shape index (κ3) is 6.57. The van der Waals surface area contributed by atoms with E-state index in [9.17, 15) is 4.79 Å². The highest BCUT2D eigenvalue weighted by atomic mass is 16.5. The largest absolute Gasteiger partial charge is 0.493 e. The van der Waals surface area contributed by atoms with Gasteiger partial charge in [-0.3, -0.25) is 4.79 Å². The Kier molecular flexibility index (Phi) is 9.11. The fourth-order valence-electron chi connectivity index (χ4n) is 3.85. The van der Waals surface area contributed by atoms with Crippen molar-refractivity contribution in [3.8, 4) is 5.75 Å². The maximum atomic E-state index is 11.4. The van der Waals surface area contributed by atoms with Gasteiger partial charge in [-0.1, -0.05) is 30.7 Å². The zero-order valence-corrected chi connectivity index (χ0v) is 19.5. The summed E-state index contributed by atoms with van der Waals surface area (Å²) in [5.41, 5.74) is 4.69. The Morgan fingerprint density at radius 2 is 1.88 bits per heavy atom. The molecule has 3 rings (SSSR count). The minimum absolute atomic E-state index is 0.0580. The van der Waals surface area contributed by atoms with Gasteiger partial charge in [0.2, 0.25) is 5.91 Å². The summed E-state index contributed by atoms with van der Waals surface area (Å²) in [5, 5.41) is 2.87. The molecule has 0 saturated carbocycles. The molecule has 32 heavy (non-hydrogen) atoms. The van der Waals surface area contributed by atoms with Crippen molar-refractivity contribution in [2.75, 3.05) is 26.9 Å². The van der Waals surface area contributed by atoms with E-state index in [0.717, 1.165) is 55.7 Å². The molecule has 3 aromatic rings. The molecule has 1 N–H and O–H groups in total. The first-order chi connectivity index (χ1) is 15.6. The predicted molar refractivity (Wildman–Crippen MR) is 128 cm³/mol. The van der Waals surface area contributed by atoms with Crippen molar-refractivity contribution in [2.45, 2.75) is 52.5 Å². The summed E-state index contributed by atoms with van der Waals surface area (Å²) in [6, 6.07) is 14.5. The number of nitrogens with zero attached hydrogens (tertiary/aromatic N) is 2. The third-order valence-electron chi connectivity index (χ3n) is 5.75. The predicted octanol–water partition coefficient (Wildman–Crippen LogP) is 4.60. The van der Waals surface area contributed by atoms with Crippen LogP contribution < -0.4 is 10.1 Å². The highest BCUT2D eigenvalue weighted by molar-refractivity contribution is 5.77. The van der Waals surface area contributed by atoms with Crippen molar-refractivity contribution in [3.05, 3.63) is 59.4 Å². The minimum Gasteiger partial charge on any atom is -0.493 e. The number of fused-ring (bicyclic) bond motifs is 1. The van der Waals surface area contributed by atoms with Crippen molar-refractivity contribution in [2.24, 2.45) is 0 Å². The van der Waals surface area contributed by atoms with E-state index in [2.05, 4.69) is 48.0 Å². The highest BCUT2D eigenvalue weighted by Crippen LogP contribution is 2.22. The Morgan fingerprint density at radius 3 is 2.72 bits per heavy atom. The van der Waals surface area contributed by atoms with E-state index in [-0.39, 0.29) is 12.5 Å². The van der Waals surface area contributed by atoms with Crippen LogP contribution in [-0.2, 0) is 22.5 Å². The molecule has 0 atom stereocenters. The Hall–Kier alpha value is -2.86. The number of unbranched alkanes of at least 4 members (excludes halogenated alkanes) is 2. The number of para-hydroxylation sites is 2. The van der Waals surface area contributed by atoms with Crippen LogP contribution >= 0.6 is 0 Å². The van der Waals surface area contributed by atoms with Crippen LogP contribution in [0.5, 0.6) is 5.75 Å². The van der Waals surface area contributed by atoms with E-state index in [1.807, 2.05) is 18.2 Å². The summed E-state index contributed by atoms with van der Waals surface area (Å²) in [7, 11) is 1.53. The molecule has 0 saturated heterocycles. The standard InChI is InChI=1S/C26H35N3O3/c1-20-11-9-14-24(21(20)2)32-18-10-17-29-23-13-7-6-12-22(23)28-25(29)15-5-4-8-16-27-26(30)19-31-3/h6-7,9,11-14H,4-5,8,10,15-19H2,1-3H3,(H,27,30). The maximum Gasteiger partial charge on any atom is 0.245 e. The van der Waals surface area contributed by atoms with Gasteiger partial charge in [-0.2, -0.15) is 0 Å². The summed E-state index contributed by atoms with van der Waals surface area (Å²) in [6.07, 6.45) is 4.90. The number of rotatable bonds is 13. The first-order valence-electron chi connectivity index (χ1n) is 11.5. The Morgan fingerprint density at radius 1 is 1.03 bits per heavy atom. The summed E-state index contributed by atoms with van der Waals surface area (Å²) < 4.78 is 13.2. The van der Waals surface area contributed by atoms with Crippen LogP contribution in [0.25, 0.3) is 11.0 Å². The molecule has 6 heteroatoms. The zero-order valence-electron chi connectivity index (χ0n) is 19.5. The number of aromatic nitrogens is 2. The maximum absolute atomic E-state index is 11.4. The Labute approximate surface area is 190 Å². The fraction of sp³-hybridized carbons (Fsp3) is 0.462. The van der Waals surface area contributed by atoms with E-state index < -0.39 is 0 Å². The number of carbonyl (C=O) groups excluding carboxylic acids is 1. The van der Waals surface area contributed by atoms with Crippen molar-refractivity contribution in [1.82, 2.24) is 14.9 Å². The van der Waals surface area contributed by atoms with Crippen LogP contribution in [-0.4, -0.2) is 42.3 Å². The van der Waals surface area contributed by atoms with E-state index in [1.165, 1.54) is 23.8 Å². The number of hydrogen-bond donors (Lipinski definition) is 1. The van der Waals surface area contributed by atoms with Gasteiger partial charge in [-0.15, -0.1) is 0 Å². The summed E-state index contributed by atoms with van der Waals surface area (Å²) >= 11 is 0. The lowest BCUT2D eigenvalue weighted by molar-refractivity contribution is -0.124. The second-order valence-corrected chi connectivity index (χ2v) is 8.16. The molecular weight excluding hydrogens is 402 g/mol. The van der Waals surface area contributed by atoms with Gasteiger partial charge in [-0.05, 0) is 62.4 Å². The van der Waals surface area contributed by atoms with Crippen LogP contribution in [0.1, 0.15) is 42.6 Å². The van der Waals surface area contributed by atoms with Crippen molar-refractivity contribution in [1.29, 1.82) is 0 Å². The molecule has 172 valence electrons. The first-order valence-corrected chi connectivity index (χ1v) is 11.5. The number of hydrogen-bond acceptors (Lipinski definition) is 4. The Bertz CT molecular complexity index is 1010. The van der Waals surface area contributed by atoms with E-state index in [1.54, 1.807) is 0 Å². The molecule has 6 nitrogen and oxygen atoms in total. The fourth-order valence-corrected chi connectivity index (χ4v) is 3.85. The van der Waals surface area contributed by atoms with Gasteiger partial charge in [0.05, 0.1) is 17.6 Å². The molecule has 1 aromatic heterocycles. The smallest absolute Gasteiger partial charge is 0.245 e. The van der Waals surface area contributed by atoms with Gasteiger partial charge in [0, 0.05) is 26.6 Å². The molecule has 1 amide bonds. The van der Waals surface area contributed by atoms with Gasteiger partial charge in [0.25, 0.3) is 0 Å². The lowest BCUT2D eigenvalue weighted by Gasteiger charge is -2.13. The number of methoxy groups -OCH3 is 1. The van der Waals surface area contributed by atoms with Crippen LogP contribution in [0.3, 0.4) is 0 Å². The normalized spacial score (nSPS) is 11.1. The number of benzene rings is 2. The molecule has 2 aromatic carbocycles. The first kappa shape index (κ1) is 23.8. The van der Waals surface area contributed by atoms with E-state index in [0.29, 0.717) is 13.2 Å².